The van der Waals surface area contributed by atoms with Crippen LogP contribution in [0.5, 0.6) is 5.75 Å². The van der Waals surface area contributed by atoms with E-state index >= 15 is 0 Å². The fraction of sp³-hybridized carbons (Fsp3) is 0.211. The van der Waals surface area contributed by atoms with Crippen molar-refractivity contribution in [3.63, 3.8) is 0 Å². The van der Waals surface area contributed by atoms with Gasteiger partial charge in [-0.25, -0.2) is 4.98 Å². The molecular formula is C19H17N3O2S. The molecule has 0 unspecified atom stereocenters. The number of para-hydroxylation sites is 1. The molecule has 0 fully saturated rings. The van der Waals surface area contributed by atoms with Crippen LogP contribution in [0.15, 0.2) is 53.3 Å². The minimum absolute atomic E-state index is 0.149. The van der Waals surface area contributed by atoms with Crippen molar-refractivity contribution in [2.75, 3.05) is 0 Å². The van der Waals surface area contributed by atoms with Crippen molar-refractivity contribution in [2.45, 2.75) is 26.4 Å². The Bertz CT molecular complexity index is 1100. The van der Waals surface area contributed by atoms with E-state index in [9.17, 15) is 4.79 Å². The molecule has 2 aromatic heterocycles. The molecule has 126 valence electrons. The van der Waals surface area contributed by atoms with E-state index in [0.29, 0.717) is 33.4 Å². The highest BCUT2D eigenvalue weighted by Crippen LogP contribution is 2.21. The predicted molar refractivity (Wildman–Crippen MR) is 99.5 cm³/mol. The molecule has 0 spiro atoms. The lowest BCUT2D eigenvalue weighted by molar-refractivity contribution is 0.304. The summed E-state index contributed by atoms with van der Waals surface area (Å²) >= 11 is 1.37. The lowest BCUT2D eigenvalue weighted by atomic mass is 10.0. The molecule has 0 amide bonds. The molecule has 5 nitrogen and oxygen atoms in total. The molecular weight excluding hydrogens is 334 g/mol. The Labute approximate surface area is 148 Å². The second-order valence-corrected chi connectivity index (χ2v) is 7.18. The van der Waals surface area contributed by atoms with E-state index in [1.807, 2.05) is 30.3 Å². The van der Waals surface area contributed by atoms with E-state index in [1.165, 1.54) is 21.4 Å². The molecule has 2 aromatic carbocycles. The molecule has 0 aliphatic carbocycles. The zero-order chi connectivity index (χ0) is 17.4. The summed E-state index contributed by atoms with van der Waals surface area (Å²) in [5.41, 5.74) is 1.81. The van der Waals surface area contributed by atoms with Crippen LogP contribution in [0, 0.1) is 0 Å². The average Bonchev–Trinajstić information content (AvgIpc) is 3.04. The predicted octanol–water partition coefficient (Wildman–Crippen LogP) is 4.01. The van der Waals surface area contributed by atoms with Gasteiger partial charge in [-0.3, -0.25) is 4.79 Å². The Morgan fingerprint density at radius 3 is 2.64 bits per heavy atom. The monoisotopic (exact) mass is 351 g/mol. The van der Waals surface area contributed by atoms with Crippen molar-refractivity contribution < 1.29 is 4.74 Å². The molecule has 25 heavy (non-hydrogen) atoms. The molecule has 0 aliphatic rings. The summed E-state index contributed by atoms with van der Waals surface area (Å²) in [6.45, 7) is 4.63. The van der Waals surface area contributed by atoms with Crippen molar-refractivity contribution in [1.82, 2.24) is 14.6 Å². The van der Waals surface area contributed by atoms with E-state index in [0.717, 1.165) is 5.75 Å². The van der Waals surface area contributed by atoms with E-state index in [2.05, 4.69) is 36.1 Å². The average molecular weight is 351 g/mol. The van der Waals surface area contributed by atoms with Crippen molar-refractivity contribution in [3.05, 3.63) is 69.5 Å². The van der Waals surface area contributed by atoms with Crippen LogP contribution in [0.1, 0.15) is 30.3 Å². The number of ether oxygens (including phenoxy) is 1. The highest BCUT2D eigenvalue weighted by Gasteiger charge is 2.11. The van der Waals surface area contributed by atoms with E-state index in [4.69, 9.17) is 4.74 Å². The maximum atomic E-state index is 12.5. The summed E-state index contributed by atoms with van der Waals surface area (Å²) in [7, 11) is 0. The number of rotatable bonds is 4. The van der Waals surface area contributed by atoms with Crippen LogP contribution in [0.2, 0.25) is 0 Å². The van der Waals surface area contributed by atoms with Gasteiger partial charge >= 0.3 is 0 Å². The van der Waals surface area contributed by atoms with E-state index in [-0.39, 0.29) is 5.56 Å². The van der Waals surface area contributed by atoms with Gasteiger partial charge in [0.25, 0.3) is 5.56 Å². The lowest BCUT2D eigenvalue weighted by Gasteiger charge is -2.07. The van der Waals surface area contributed by atoms with Crippen LogP contribution in [-0.2, 0) is 6.61 Å². The first-order valence-corrected chi connectivity index (χ1v) is 8.94. The van der Waals surface area contributed by atoms with Gasteiger partial charge in [0.2, 0.25) is 4.96 Å². The normalized spacial score (nSPS) is 11.5. The third kappa shape index (κ3) is 3.00. The third-order valence-corrected chi connectivity index (χ3v) is 4.94. The highest BCUT2D eigenvalue weighted by molar-refractivity contribution is 7.16. The summed E-state index contributed by atoms with van der Waals surface area (Å²) < 4.78 is 7.15. The van der Waals surface area contributed by atoms with Crippen LogP contribution in [0.4, 0.5) is 0 Å². The number of aromatic nitrogens is 3. The fourth-order valence-corrected chi connectivity index (χ4v) is 3.45. The molecule has 0 saturated heterocycles. The Balaban J connectivity index is 1.60. The Morgan fingerprint density at radius 2 is 1.88 bits per heavy atom. The summed E-state index contributed by atoms with van der Waals surface area (Å²) in [6.07, 6.45) is 0. The van der Waals surface area contributed by atoms with Crippen molar-refractivity contribution in [3.8, 4) is 5.75 Å². The second kappa shape index (κ2) is 6.29. The zero-order valence-corrected chi connectivity index (χ0v) is 14.8. The van der Waals surface area contributed by atoms with Gasteiger partial charge in [0.1, 0.15) is 12.4 Å². The standard InChI is InChI=1S/C19H17N3O2S/c1-12(2)13-7-9-14(10-8-13)24-11-17-21-22-18(23)15-5-3-4-6-16(15)20-19(22)25-17/h3-10,12H,11H2,1-2H3. The number of hydrogen-bond acceptors (Lipinski definition) is 5. The molecule has 4 aromatic rings. The van der Waals surface area contributed by atoms with Crippen molar-refractivity contribution in [1.29, 1.82) is 0 Å². The maximum Gasteiger partial charge on any atom is 0.283 e. The summed E-state index contributed by atoms with van der Waals surface area (Å²) in [4.78, 5) is 17.6. The Hall–Kier alpha value is -2.73. The highest BCUT2D eigenvalue weighted by atomic mass is 32.1. The fourth-order valence-electron chi connectivity index (χ4n) is 2.65. The van der Waals surface area contributed by atoms with Crippen LogP contribution in [-0.4, -0.2) is 14.6 Å². The number of nitrogens with zero attached hydrogens (tertiary/aromatic N) is 3. The summed E-state index contributed by atoms with van der Waals surface area (Å²) in [5.74, 6) is 1.28. The molecule has 4 rings (SSSR count). The summed E-state index contributed by atoms with van der Waals surface area (Å²) in [6, 6.07) is 15.4. The molecule has 0 bridgehead atoms. The van der Waals surface area contributed by atoms with Crippen molar-refractivity contribution in [2.24, 2.45) is 0 Å². The SMILES string of the molecule is CC(C)c1ccc(OCc2nn3c(=O)c4ccccc4nc3s2)cc1. The van der Waals surface area contributed by atoms with E-state index < -0.39 is 0 Å². The minimum atomic E-state index is -0.149. The topological polar surface area (TPSA) is 56.5 Å². The van der Waals surface area contributed by atoms with Gasteiger partial charge in [0, 0.05) is 0 Å². The van der Waals surface area contributed by atoms with Gasteiger partial charge in [0.15, 0.2) is 5.01 Å². The van der Waals surface area contributed by atoms with Gasteiger partial charge in [-0.1, -0.05) is 49.4 Å². The maximum absolute atomic E-state index is 12.5. The van der Waals surface area contributed by atoms with Gasteiger partial charge in [0.05, 0.1) is 10.9 Å². The van der Waals surface area contributed by atoms with Gasteiger partial charge in [-0.2, -0.15) is 9.61 Å². The molecule has 0 saturated carbocycles. The van der Waals surface area contributed by atoms with E-state index in [1.54, 1.807) is 6.07 Å². The van der Waals surface area contributed by atoms with Crippen LogP contribution >= 0.6 is 11.3 Å². The molecule has 6 heteroatoms. The zero-order valence-electron chi connectivity index (χ0n) is 14.0. The Kier molecular flexibility index (Phi) is 3.97. The first-order valence-electron chi connectivity index (χ1n) is 8.12. The van der Waals surface area contributed by atoms with Crippen molar-refractivity contribution >= 4 is 27.2 Å². The smallest absolute Gasteiger partial charge is 0.283 e. The quantitative estimate of drug-likeness (QED) is 0.557. The van der Waals surface area contributed by atoms with Gasteiger partial charge in [-0.05, 0) is 35.7 Å². The Morgan fingerprint density at radius 1 is 1.12 bits per heavy atom. The third-order valence-electron chi connectivity index (χ3n) is 4.05. The summed E-state index contributed by atoms with van der Waals surface area (Å²) in [5, 5.41) is 5.65. The van der Waals surface area contributed by atoms with Crippen LogP contribution in [0.25, 0.3) is 15.9 Å². The molecule has 0 N–H and O–H groups in total. The number of fused-ring (bicyclic) bond motifs is 2. The molecule has 0 aliphatic heterocycles. The van der Waals surface area contributed by atoms with Crippen LogP contribution in [0.3, 0.4) is 0 Å². The second-order valence-electron chi connectivity index (χ2n) is 6.14. The number of benzene rings is 2. The van der Waals surface area contributed by atoms with Gasteiger partial charge < -0.3 is 4.74 Å². The van der Waals surface area contributed by atoms with Gasteiger partial charge in [-0.15, -0.1) is 0 Å². The molecule has 2 heterocycles. The molecule has 0 atom stereocenters. The first kappa shape index (κ1) is 15.8. The molecule has 0 radical (unpaired) electrons. The first-order chi connectivity index (χ1) is 12.1. The van der Waals surface area contributed by atoms with Crippen LogP contribution < -0.4 is 10.3 Å². The number of hydrogen-bond donors (Lipinski definition) is 0. The lowest BCUT2D eigenvalue weighted by Crippen LogP contribution is -2.15. The largest absolute Gasteiger partial charge is 0.486 e. The minimum Gasteiger partial charge on any atom is -0.486 e.